The summed E-state index contributed by atoms with van der Waals surface area (Å²) >= 11 is 7.00. The monoisotopic (exact) mass is 458 g/mol. The van der Waals surface area contributed by atoms with Crippen molar-refractivity contribution in [2.24, 2.45) is 0 Å². The second-order valence-electron chi connectivity index (χ2n) is 6.27. The van der Waals surface area contributed by atoms with E-state index in [2.05, 4.69) is 37.9 Å². The highest BCUT2D eigenvalue weighted by molar-refractivity contribution is 9.10. The fourth-order valence-electron chi connectivity index (χ4n) is 3.86. The van der Waals surface area contributed by atoms with Gasteiger partial charge in [0.2, 0.25) is 0 Å². The van der Waals surface area contributed by atoms with E-state index in [4.69, 9.17) is 9.47 Å². The Bertz CT molecular complexity index is 952. The average molecular weight is 460 g/mol. The summed E-state index contributed by atoms with van der Waals surface area (Å²) in [6.07, 6.45) is 5.87. The van der Waals surface area contributed by atoms with E-state index in [0.29, 0.717) is 17.1 Å². The fraction of sp³-hybridized carbons (Fsp3) is 0.150. The normalized spacial score (nSPS) is 19.2. The third-order valence-corrected chi connectivity index (χ3v) is 5.85. The average Bonchev–Trinajstić information content (AvgIpc) is 2.88. The van der Waals surface area contributed by atoms with Crippen LogP contribution in [-0.2, 0) is 15.1 Å². The lowest BCUT2D eigenvalue weighted by Gasteiger charge is -2.37. The van der Waals surface area contributed by atoms with Crippen molar-refractivity contribution in [2.45, 2.75) is 18.4 Å². The number of halogens is 2. The van der Waals surface area contributed by atoms with Gasteiger partial charge in [-0.05, 0) is 49.2 Å². The topological polar surface area (TPSA) is 35.5 Å². The summed E-state index contributed by atoms with van der Waals surface area (Å²) in [5, 5.41) is 0. The largest absolute Gasteiger partial charge is 0.456 e. The van der Waals surface area contributed by atoms with Crippen LogP contribution in [0.2, 0.25) is 0 Å². The molecule has 1 saturated heterocycles. The molecule has 2 heterocycles. The van der Waals surface area contributed by atoms with Crippen molar-refractivity contribution in [1.82, 2.24) is 0 Å². The zero-order valence-electron chi connectivity index (χ0n) is 13.0. The summed E-state index contributed by atoms with van der Waals surface area (Å²) in [6.45, 7) is 0. The number of carbonyl (C=O) groups excluding carboxylic acids is 1. The van der Waals surface area contributed by atoms with E-state index in [-0.39, 0.29) is 5.97 Å². The molecule has 3 aliphatic rings. The van der Waals surface area contributed by atoms with Gasteiger partial charge < -0.3 is 9.47 Å². The second kappa shape index (κ2) is 5.32. The first-order chi connectivity index (χ1) is 12.1. The van der Waals surface area contributed by atoms with Gasteiger partial charge in [-0.2, -0.15) is 0 Å². The molecule has 0 unspecified atom stereocenters. The molecule has 0 N–H and O–H groups in total. The highest BCUT2D eigenvalue weighted by Gasteiger charge is 2.55. The smallest absolute Gasteiger partial charge is 0.339 e. The zero-order valence-corrected chi connectivity index (χ0v) is 16.2. The summed E-state index contributed by atoms with van der Waals surface area (Å²) in [6, 6.07) is 11.7. The predicted octanol–water partition coefficient (Wildman–Crippen LogP) is 5.76. The Kier molecular flexibility index (Phi) is 3.28. The van der Waals surface area contributed by atoms with E-state index in [1.807, 2.05) is 42.5 Å². The Balaban J connectivity index is 1.87. The number of carbonyl (C=O) groups is 1. The molecule has 1 spiro atoms. The first-order valence-electron chi connectivity index (χ1n) is 8.02. The molecule has 0 aromatic heterocycles. The fourth-order valence-corrected chi connectivity index (χ4v) is 4.54. The molecule has 0 saturated carbocycles. The SMILES string of the molecule is O=C1OC2(C3=CCCC=C13)c1ccc(Br)cc1Oc1cc(Br)ccc12. The third-order valence-electron chi connectivity index (χ3n) is 4.86. The summed E-state index contributed by atoms with van der Waals surface area (Å²) in [4.78, 5) is 12.6. The minimum atomic E-state index is -0.937. The molecule has 124 valence electrons. The van der Waals surface area contributed by atoms with Crippen molar-refractivity contribution < 1.29 is 14.3 Å². The lowest BCUT2D eigenvalue weighted by molar-refractivity contribution is -0.143. The van der Waals surface area contributed by atoms with Gasteiger partial charge >= 0.3 is 5.97 Å². The van der Waals surface area contributed by atoms with Gasteiger partial charge in [0.1, 0.15) is 11.5 Å². The molecular formula is C20H12Br2O3. The van der Waals surface area contributed by atoms with Crippen LogP contribution in [0.1, 0.15) is 24.0 Å². The van der Waals surface area contributed by atoms with Crippen LogP contribution >= 0.6 is 31.9 Å². The third kappa shape index (κ3) is 2.06. The minimum Gasteiger partial charge on any atom is -0.456 e. The Morgan fingerprint density at radius 1 is 0.880 bits per heavy atom. The zero-order chi connectivity index (χ0) is 17.2. The second-order valence-corrected chi connectivity index (χ2v) is 8.10. The molecule has 0 amide bonds. The van der Waals surface area contributed by atoms with Gasteiger partial charge in [-0.1, -0.05) is 44.0 Å². The number of benzene rings is 2. The van der Waals surface area contributed by atoms with Crippen molar-refractivity contribution in [3.63, 3.8) is 0 Å². The molecule has 3 nitrogen and oxygen atoms in total. The maximum absolute atomic E-state index is 12.6. The summed E-state index contributed by atoms with van der Waals surface area (Å²) < 4.78 is 14.1. The lowest BCUT2D eigenvalue weighted by atomic mass is 9.75. The maximum atomic E-state index is 12.6. The molecular weight excluding hydrogens is 448 g/mol. The Hall–Kier alpha value is -1.85. The first kappa shape index (κ1) is 15.4. The van der Waals surface area contributed by atoms with E-state index in [1.54, 1.807) is 0 Å². The summed E-state index contributed by atoms with van der Waals surface area (Å²) in [5.41, 5.74) is 2.38. The lowest BCUT2D eigenvalue weighted by Crippen LogP contribution is -2.33. The van der Waals surface area contributed by atoms with Gasteiger partial charge in [0.25, 0.3) is 0 Å². The van der Waals surface area contributed by atoms with Crippen LogP contribution < -0.4 is 4.74 Å². The van der Waals surface area contributed by atoms with Crippen molar-refractivity contribution in [2.75, 3.05) is 0 Å². The number of fused-ring (bicyclic) bond motifs is 6. The van der Waals surface area contributed by atoms with E-state index >= 15 is 0 Å². The highest BCUT2D eigenvalue weighted by atomic mass is 79.9. The van der Waals surface area contributed by atoms with Crippen LogP contribution in [0.5, 0.6) is 11.5 Å². The van der Waals surface area contributed by atoms with Gasteiger partial charge in [0.05, 0.1) is 5.57 Å². The molecule has 5 heteroatoms. The molecule has 2 aromatic rings. The van der Waals surface area contributed by atoms with E-state index in [0.717, 1.165) is 38.5 Å². The Morgan fingerprint density at radius 2 is 1.48 bits per heavy atom. The number of allylic oxidation sites excluding steroid dienone is 2. The molecule has 1 fully saturated rings. The van der Waals surface area contributed by atoms with Crippen LogP contribution in [0.4, 0.5) is 0 Å². The molecule has 2 aromatic carbocycles. The number of esters is 1. The van der Waals surface area contributed by atoms with Crippen molar-refractivity contribution >= 4 is 37.8 Å². The molecule has 2 aliphatic heterocycles. The number of hydrogen-bond donors (Lipinski definition) is 0. The molecule has 0 radical (unpaired) electrons. The molecule has 0 bridgehead atoms. The van der Waals surface area contributed by atoms with Gasteiger partial charge in [0.15, 0.2) is 5.60 Å². The van der Waals surface area contributed by atoms with Crippen molar-refractivity contribution in [3.05, 3.63) is 79.8 Å². The summed E-state index contributed by atoms with van der Waals surface area (Å²) in [7, 11) is 0. The van der Waals surface area contributed by atoms with E-state index in [1.165, 1.54) is 0 Å². The van der Waals surface area contributed by atoms with Crippen LogP contribution in [-0.4, -0.2) is 5.97 Å². The minimum absolute atomic E-state index is 0.268. The Labute approximate surface area is 161 Å². The van der Waals surface area contributed by atoms with Gasteiger partial charge in [-0.15, -0.1) is 0 Å². The molecule has 0 atom stereocenters. The van der Waals surface area contributed by atoms with Crippen LogP contribution in [0.3, 0.4) is 0 Å². The first-order valence-corrected chi connectivity index (χ1v) is 9.60. The maximum Gasteiger partial charge on any atom is 0.339 e. The van der Waals surface area contributed by atoms with Crippen LogP contribution in [0.25, 0.3) is 0 Å². The quantitative estimate of drug-likeness (QED) is 0.469. The van der Waals surface area contributed by atoms with Gasteiger partial charge in [-0.25, -0.2) is 4.79 Å². The van der Waals surface area contributed by atoms with E-state index in [9.17, 15) is 4.79 Å². The number of hydrogen-bond acceptors (Lipinski definition) is 3. The van der Waals surface area contributed by atoms with Crippen LogP contribution in [0, 0.1) is 0 Å². The molecule has 5 rings (SSSR count). The molecule has 25 heavy (non-hydrogen) atoms. The predicted molar refractivity (Wildman–Crippen MR) is 101 cm³/mol. The Morgan fingerprint density at radius 3 is 2.12 bits per heavy atom. The van der Waals surface area contributed by atoms with Crippen molar-refractivity contribution in [3.8, 4) is 11.5 Å². The van der Waals surface area contributed by atoms with E-state index < -0.39 is 5.60 Å². The summed E-state index contributed by atoms with van der Waals surface area (Å²) in [5.74, 6) is 1.12. The standard InChI is InChI=1S/C20H12Br2O3/c21-11-5-7-15-17(9-11)24-18-10-12(22)6-8-16(18)20(15)14-4-2-1-3-13(14)19(23)25-20/h3-10H,1-2H2. The van der Waals surface area contributed by atoms with Crippen molar-refractivity contribution in [1.29, 1.82) is 0 Å². The van der Waals surface area contributed by atoms with Gasteiger partial charge in [0, 0.05) is 25.6 Å². The number of rotatable bonds is 0. The highest BCUT2D eigenvalue weighted by Crippen LogP contribution is 2.58. The molecule has 1 aliphatic carbocycles. The number of ether oxygens (including phenoxy) is 2. The van der Waals surface area contributed by atoms with Crippen LogP contribution in [0.15, 0.2) is 68.6 Å². The van der Waals surface area contributed by atoms with Gasteiger partial charge in [-0.3, -0.25) is 0 Å².